The first-order valence-corrected chi connectivity index (χ1v) is 19.7. The van der Waals surface area contributed by atoms with Crippen molar-refractivity contribution >= 4 is 19.8 Å². The molecule has 280 valence electrons. The van der Waals surface area contributed by atoms with Gasteiger partial charge in [-0.2, -0.15) is 0 Å². The molecule has 0 radical (unpaired) electrons. The van der Waals surface area contributed by atoms with E-state index in [-0.39, 0.29) is 19.4 Å². The lowest BCUT2D eigenvalue weighted by atomic mass is 10.2. The van der Waals surface area contributed by atoms with Crippen molar-refractivity contribution in [3.8, 4) is 0 Å². The first-order chi connectivity index (χ1) is 24.3. The van der Waals surface area contributed by atoms with Gasteiger partial charge in [-0.05, 0) is 89.9 Å². The van der Waals surface area contributed by atoms with Crippen molar-refractivity contribution in [2.45, 2.75) is 123 Å². The highest BCUT2D eigenvalue weighted by molar-refractivity contribution is 7.46. The lowest BCUT2D eigenvalue weighted by Crippen LogP contribution is -2.29. The molecule has 0 aromatic heterocycles. The third-order valence-electron chi connectivity index (χ3n) is 6.79. The van der Waals surface area contributed by atoms with Crippen LogP contribution in [0.5, 0.6) is 0 Å². The van der Waals surface area contributed by atoms with Crippen molar-refractivity contribution in [2.75, 3.05) is 13.2 Å². The van der Waals surface area contributed by atoms with Crippen molar-refractivity contribution in [1.29, 1.82) is 0 Å². The molecule has 1 atom stereocenters. The van der Waals surface area contributed by atoms with Gasteiger partial charge in [0.2, 0.25) is 0 Å². The smallest absolute Gasteiger partial charge is 0.462 e. The summed E-state index contributed by atoms with van der Waals surface area (Å²) in [5.74, 6) is -1.02. The van der Waals surface area contributed by atoms with E-state index in [0.29, 0.717) is 19.3 Å². The standard InChI is InChI=1S/C41H63O8P/c1-3-5-7-9-11-13-15-17-19-20-22-24-26-28-30-32-34-36-41(43)49-39(38-48-50(44,45)46)37-47-40(42)35-33-31-29-27-25-23-21-18-16-14-12-10-8-6-4-2/h5-8,11-14,17-19,21-22,24-25,27-28,30,39H,3-4,9-10,15-16,20,23,26,29,31-38H2,1-2H3,(H2,44,45,46)/b7-5-,8-6-,13-11-,14-12-,19-17-,21-18-,24-22-,27-25-,30-28-. The molecule has 0 rings (SSSR count). The minimum atomic E-state index is -4.78. The molecule has 50 heavy (non-hydrogen) atoms. The van der Waals surface area contributed by atoms with Gasteiger partial charge in [-0.1, -0.05) is 123 Å². The summed E-state index contributed by atoms with van der Waals surface area (Å²) in [6, 6.07) is 0. The van der Waals surface area contributed by atoms with Crippen LogP contribution < -0.4 is 0 Å². The highest BCUT2D eigenvalue weighted by Gasteiger charge is 2.22. The zero-order chi connectivity index (χ0) is 36.8. The van der Waals surface area contributed by atoms with Crippen LogP contribution in [-0.2, 0) is 28.2 Å². The van der Waals surface area contributed by atoms with Crippen LogP contribution in [0.3, 0.4) is 0 Å². The minimum absolute atomic E-state index is 0.117. The van der Waals surface area contributed by atoms with Gasteiger partial charge in [0.05, 0.1) is 6.61 Å². The van der Waals surface area contributed by atoms with Crippen molar-refractivity contribution in [1.82, 2.24) is 0 Å². The average molecular weight is 715 g/mol. The maximum Gasteiger partial charge on any atom is 0.469 e. The molecule has 9 heteroatoms. The highest BCUT2D eigenvalue weighted by atomic mass is 31.2. The number of rotatable bonds is 31. The molecule has 0 saturated heterocycles. The molecule has 0 aromatic rings. The van der Waals surface area contributed by atoms with Gasteiger partial charge in [0.1, 0.15) is 6.61 Å². The van der Waals surface area contributed by atoms with Crippen molar-refractivity contribution in [2.24, 2.45) is 0 Å². The molecule has 0 saturated carbocycles. The van der Waals surface area contributed by atoms with Gasteiger partial charge in [-0.25, -0.2) is 4.57 Å². The Bertz CT molecular complexity index is 1170. The van der Waals surface area contributed by atoms with Crippen molar-refractivity contribution < 1.29 is 37.9 Å². The van der Waals surface area contributed by atoms with Gasteiger partial charge in [0, 0.05) is 12.8 Å². The fraction of sp³-hybridized carbons (Fsp3) is 0.512. The van der Waals surface area contributed by atoms with Crippen molar-refractivity contribution in [3.63, 3.8) is 0 Å². The highest BCUT2D eigenvalue weighted by Crippen LogP contribution is 2.35. The number of hydrogen-bond acceptors (Lipinski definition) is 6. The number of carbonyl (C=O) groups excluding carboxylic acids is 2. The third kappa shape index (κ3) is 37.5. The summed E-state index contributed by atoms with van der Waals surface area (Å²) >= 11 is 0. The molecule has 0 aliphatic carbocycles. The normalized spacial score (nSPS) is 13.8. The van der Waals surface area contributed by atoms with Crippen LogP contribution in [0.25, 0.3) is 0 Å². The lowest BCUT2D eigenvalue weighted by molar-refractivity contribution is -0.161. The summed E-state index contributed by atoms with van der Waals surface area (Å²) in [6.45, 7) is 3.34. The van der Waals surface area contributed by atoms with Gasteiger partial charge in [-0.3, -0.25) is 14.1 Å². The summed E-state index contributed by atoms with van der Waals surface area (Å²) in [5, 5.41) is 0. The van der Waals surface area contributed by atoms with Gasteiger partial charge in [0.25, 0.3) is 0 Å². The molecular formula is C41H63O8P. The van der Waals surface area contributed by atoms with Crippen LogP contribution in [-0.4, -0.2) is 41.0 Å². The second kappa shape index (κ2) is 35.5. The number of hydrogen-bond donors (Lipinski definition) is 2. The van der Waals surface area contributed by atoms with E-state index in [9.17, 15) is 14.2 Å². The number of ether oxygens (including phenoxy) is 2. The molecule has 8 nitrogen and oxygen atoms in total. The van der Waals surface area contributed by atoms with Gasteiger partial charge >= 0.3 is 19.8 Å². The molecule has 0 aliphatic rings. The van der Waals surface area contributed by atoms with E-state index in [1.165, 1.54) is 0 Å². The Labute approximate surface area is 302 Å². The van der Waals surface area contributed by atoms with E-state index in [1.807, 2.05) is 12.2 Å². The van der Waals surface area contributed by atoms with Crippen LogP contribution in [0.1, 0.15) is 117 Å². The van der Waals surface area contributed by atoms with Crippen LogP contribution in [0.15, 0.2) is 109 Å². The number of phosphoric ester groups is 1. The molecule has 0 aromatic carbocycles. The van der Waals surface area contributed by atoms with Gasteiger partial charge < -0.3 is 19.3 Å². The number of carbonyl (C=O) groups is 2. The van der Waals surface area contributed by atoms with Gasteiger partial charge in [-0.15, -0.1) is 0 Å². The SMILES string of the molecule is CC/C=C\C/C=C\C/C=C\C/C=C\C/C=C\CCCC(=O)OC(COC(=O)CCCC/C=C\C/C=C\C/C=C\C/C=C\CC)COP(=O)(O)O. The maximum atomic E-state index is 12.3. The second-order valence-electron chi connectivity index (χ2n) is 11.4. The predicted molar refractivity (Wildman–Crippen MR) is 206 cm³/mol. The molecule has 0 spiro atoms. The van der Waals surface area contributed by atoms with Crippen LogP contribution in [0, 0.1) is 0 Å². The van der Waals surface area contributed by atoms with E-state index in [2.05, 4.69) is 116 Å². The van der Waals surface area contributed by atoms with E-state index in [4.69, 9.17) is 19.3 Å². The summed E-state index contributed by atoms with van der Waals surface area (Å²) in [7, 11) is -4.78. The van der Waals surface area contributed by atoms with E-state index in [0.717, 1.165) is 70.6 Å². The number of allylic oxidation sites excluding steroid dienone is 18. The summed E-state index contributed by atoms with van der Waals surface area (Å²) in [4.78, 5) is 42.6. The first-order valence-electron chi connectivity index (χ1n) is 18.2. The molecule has 0 heterocycles. The van der Waals surface area contributed by atoms with Gasteiger partial charge in [0.15, 0.2) is 6.10 Å². The Hall–Kier alpha value is -3.29. The molecular weight excluding hydrogens is 651 g/mol. The Morgan fingerprint density at radius 1 is 0.520 bits per heavy atom. The topological polar surface area (TPSA) is 119 Å². The number of phosphoric acid groups is 1. The zero-order valence-corrected chi connectivity index (χ0v) is 31.4. The number of esters is 2. The maximum absolute atomic E-state index is 12.3. The Morgan fingerprint density at radius 2 is 0.900 bits per heavy atom. The second-order valence-corrected chi connectivity index (χ2v) is 12.7. The molecule has 0 fully saturated rings. The Morgan fingerprint density at radius 3 is 1.32 bits per heavy atom. The Kier molecular flexibility index (Phi) is 33.2. The zero-order valence-electron chi connectivity index (χ0n) is 30.5. The largest absolute Gasteiger partial charge is 0.469 e. The fourth-order valence-electron chi connectivity index (χ4n) is 4.16. The summed E-state index contributed by atoms with van der Waals surface area (Å²) in [6.07, 6.45) is 49.6. The minimum Gasteiger partial charge on any atom is -0.462 e. The molecule has 0 amide bonds. The summed E-state index contributed by atoms with van der Waals surface area (Å²) < 4.78 is 26.2. The van der Waals surface area contributed by atoms with Crippen LogP contribution in [0.4, 0.5) is 0 Å². The van der Waals surface area contributed by atoms with E-state index in [1.54, 1.807) is 0 Å². The first kappa shape index (κ1) is 46.7. The van der Waals surface area contributed by atoms with Crippen molar-refractivity contribution in [3.05, 3.63) is 109 Å². The molecule has 1 unspecified atom stereocenters. The van der Waals surface area contributed by atoms with Crippen LogP contribution >= 0.6 is 7.82 Å². The predicted octanol–water partition coefficient (Wildman–Crippen LogP) is 10.8. The fourth-order valence-corrected chi connectivity index (χ4v) is 4.52. The monoisotopic (exact) mass is 714 g/mol. The number of unbranched alkanes of at least 4 members (excludes halogenated alkanes) is 3. The van der Waals surface area contributed by atoms with E-state index < -0.39 is 32.5 Å². The lowest BCUT2D eigenvalue weighted by Gasteiger charge is -2.18. The van der Waals surface area contributed by atoms with E-state index >= 15 is 0 Å². The Balaban J connectivity index is 4.20. The quantitative estimate of drug-likeness (QED) is 0.0315. The summed E-state index contributed by atoms with van der Waals surface area (Å²) in [5.41, 5.74) is 0. The third-order valence-corrected chi connectivity index (χ3v) is 7.27. The van der Waals surface area contributed by atoms with Crippen LogP contribution in [0.2, 0.25) is 0 Å². The average Bonchev–Trinajstić information content (AvgIpc) is 3.08. The molecule has 0 bridgehead atoms. The molecule has 0 aliphatic heterocycles. The molecule has 2 N–H and O–H groups in total.